The normalized spacial score (nSPS) is 11.5. The molecule has 0 bridgehead atoms. The summed E-state index contributed by atoms with van der Waals surface area (Å²) in [5.74, 6) is -5.69. The molecule has 0 saturated carbocycles. The molecule has 0 aliphatic carbocycles. The Hall–Kier alpha value is -4.65. The Morgan fingerprint density at radius 3 is 1.46 bits per heavy atom. The van der Waals surface area contributed by atoms with Gasteiger partial charge in [-0.15, -0.1) is 0 Å². The zero-order chi connectivity index (χ0) is 38.2. The van der Waals surface area contributed by atoms with Crippen molar-refractivity contribution in [3.8, 4) is 0 Å². The van der Waals surface area contributed by atoms with Crippen LogP contribution in [0.15, 0.2) is 91.0 Å². The van der Waals surface area contributed by atoms with Crippen molar-refractivity contribution in [1.82, 2.24) is 10.2 Å². The van der Waals surface area contributed by atoms with Gasteiger partial charge in [0.25, 0.3) is 0 Å². The van der Waals surface area contributed by atoms with Crippen molar-refractivity contribution in [2.75, 3.05) is 26.3 Å². The molecule has 16 heteroatoms. The Labute approximate surface area is 287 Å². The summed E-state index contributed by atoms with van der Waals surface area (Å²) in [5, 5.41) is 30.7. The number of nitrogens with two attached hydrogens (primary N) is 1. The molecule has 1 amide bonds. The van der Waals surface area contributed by atoms with Crippen molar-refractivity contribution >= 4 is 47.0 Å². The third-order valence-electron chi connectivity index (χ3n) is 7.37. The van der Waals surface area contributed by atoms with E-state index in [0.717, 1.165) is 19.0 Å². The maximum absolute atomic E-state index is 12.9. The lowest BCUT2D eigenvalue weighted by atomic mass is 9.88. The predicted octanol–water partition coefficient (Wildman–Crippen LogP) is 4.05. The largest absolute Gasteiger partial charge is 0.542 e. The lowest BCUT2D eigenvalue weighted by Crippen LogP contribution is -2.41. The summed E-state index contributed by atoms with van der Waals surface area (Å²) in [6.45, 7) is 5.14. The number of nitrogens with one attached hydrogen (secondary N) is 2. The van der Waals surface area contributed by atoms with E-state index in [0.29, 0.717) is 19.5 Å². The number of carbonyl (C=O) groups excluding carboxylic acids is 2. The van der Waals surface area contributed by atoms with Crippen LogP contribution < -0.4 is 32.1 Å². The zero-order valence-corrected chi connectivity index (χ0v) is 28.6. The van der Waals surface area contributed by atoms with Crippen molar-refractivity contribution in [2.45, 2.75) is 45.5 Å². The molecule has 274 valence electrons. The molecule has 0 fully saturated rings. The van der Waals surface area contributed by atoms with Crippen LogP contribution in [0.2, 0.25) is 0 Å². The standard InChI is InChI=1S/C30H39N4OP.2C2HF3O2/c1-30(2,21-23-34(3)29(31)32)28(35)33-22-13-14-24-36(25-15-7-4-8-16-25,26-17-9-5-10-18-26)27-19-11-6-12-20-27;2*3-2(4,5)1(6)7/h4-12,15-20H,13-14,21-24H2,1-3H3,(H3-,31,32,33,35);2*(H,6,7). The molecule has 0 heterocycles. The fraction of sp³-hybridized carbons (Fsp3) is 0.353. The Morgan fingerprint density at radius 2 is 1.16 bits per heavy atom. The molecule has 0 aromatic heterocycles. The van der Waals surface area contributed by atoms with E-state index < -0.39 is 37.0 Å². The van der Waals surface area contributed by atoms with Gasteiger partial charge in [0.05, 0.1) is 6.16 Å². The number of amides is 1. The smallest absolute Gasteiger partial charge is 0.490 e. The fourth-order valence-electron chi connectivity index (χ4n) is 4.48. The highest BCUT2D eigenvalue weighted by Crippen LogP contribution is 2.55. The Bertz CT molecular complexity index is 1390. The maximum Gasteiger partial charge on any atom is 0.490 e. The number of aliphatic carboxylic acids is 2. The molecule has 3 rings (SSSR count). The maximum atomic E-state index is 12.9. The van der Waals surface area contributed by atoms with Crippen LogP contribution in [0.1, 0.15) is 33.1 Å². The average molecular weight is 731 g/mol. The minimum Gasteiger partial charge on any atom is -0.542 e. The number of alkyl halides is 6. The highest BCUT2D eigenvalue weighted by atomic mass is 31.2. The van der Waals surface area contributed by atoms with Crippen LogP contribution in [0.5, 0.6) is 0 Å². The number of nitrogens with zero attached hydrogens (tertiary/aromatic N) is 1. The second kappa shape index (κ2) is 19.5. The number of hydrogen-bond acceptors (Lipinski definition) is 5. The molecular weight excluding hydrogens is 689 g/mol. The summed E-state index contributed by atoms with van der Waals surface area (Å²) >= 11 is 0. The van der Waals surface area contributed by atoms with Crippen molar-refractivity contribution in [2.24, 2.45) is 11.1 Å². The molecule has 0 aliphatic heterocycles. The van der Waals surface area contributed by atoms with E-state index in [-0.39, 0.29) is 11.9 Å². The number of carboxylic acid groups (broad SMARTS) is 2. The Kier molecular flexibility index (Phi) is 16.9. The molecule has 0 saturated heterocycles. The van der Waals surface area contributed by atoms with Gasteiger partial charge in [0.1, 0.15) is 29.1 Å². The number of hydrogen-bond donors (Lipinski definition) is 4. The SMILES string of the molecule is CN(CCC(C)(C)C(=O)NCCCC[P+](c1ccccc1)(c1ccccc1)c1ccccc1)C(=N)N.O=C(O)C(F)(F)F.O=C([O-])C(F)(F)F. The van der Waals surface area contributed by atoms with Gasteiger partial charge in [-0.25, -0.2) is 4.79 Å². The van der Waals surface area contributed by atoms with E-state index in [9.17, 15) is 31.1 Å². The van der Waals surface area contributed by atoms with E-state index in [1.807, 2.05) is 13.8 Å². The van der Waals surface area contributed by atoms with Crippen LogP contribution in [0.25, 0.3) is 0 Å². The molecule has 9 nitrogen and oxygen atoms in total. The van der Waals surface area contributed by atoms with Gasteiger partial charge in [-0.05, 0) is 55.7 Å². The van der Waals surface area contributed by atoms with Crippen molar-refractivity contribution in [3.05, 3.63) is 91.0 Å². The van der Waals surface area contributed by atoms with Crippen LogP contribution in [-0.2, 0) is 14.4 Å². The molecule has 0 spiro atoms. The Balaban J connectivity index is 0.000000748. The second-order valence-corrected chi connectivity index (χ2v) is 15.1. The van der Waals surface area contributed by atoms with Gasteiger partial charge in [-0.2, -0.15) is 26.3 Å². The summed E-state index contributed by atoms with van der Waals surface area (Å²) in [4.78, 5) is 32.2. The Morgan fingerprint density at radius 1 is 0.800 bits per heavy atom. The van der Waals surface area contributed by atoms with Crippen molar-refractivity contribution in [1.29, 1.82) is 5.41 Å². The molecule has 50 heavy (non-hydrogen) atoms. The molecule has 0 aliphatic rings. The van der Waals surface area contributed by atoms with Gasteiger partial charge in [0.15, 0.2) is 5.96 Å². The first-order chi connectivity index (χ1) is 23.2. The summed E-state index contributed by atoms with van der Waals surface area (Å²) in [6, 6.07) is 32.7. The fourth-order valence-corrected chi connectivity index (χ4v) is 8.89. The van der Waals surface area contributed by atoms with Gasteiger partial charge >= 0.3 is 18.3 Å². The topological polar surface area (TPSA) is 160 Å². The van der Waals surface area contributed by atoms with Crippen molar-refractivity contribution in [3.63, 3.8) is 0 Å². The summed E-state index contributed by atoms with van der Waals surface area (Å²) < 4.78 is 63.3. The quantitative estimate of drug-likeness (QED) is 0.0720. The van der Waals surface area contributed by atoms with Gasteiger partial charge in [0, 0.05) is 25.6 Å². The van der Waals surface area contributed by atoms with E-state index in [2.05, 4.69) is 96.3 Å². The number of unbranched alkanes of at least 4 members (excludes halogenated alkanes) is 1. The molecule has 0 atom stereocenters. The molecule has 0 unspecified atom stereocenters. The molecule has 3 aromatic rings. The van der Waals surface area contributed by atoms with Crippen LogP contribution in [0.3, 0.4) is 0 Å². The van der Waals surface area contributed by atoms with E-state index in [1.54, 1.807) is 11.9 Å². The van der Waals surface area contributed by atoms with Gasteiger partial charge in [-0.1, -0.05) is 68.4 Å². The van der Waals surface area contributed by atoms with E-state index >= 15 is 0 Å². The van der Waals surface area contributed by atoms with Gasteiger partial charge in [0.2, 0.25) is 5.91 Å². The average Bonchev–Trinajstić information content (AvgIpc) is 3.06. The highest BCUT2D eigenvalue weighted by Gasteiger charge is 2.44. The molecule has 0 radical (unpaired) electrons. The van der Waals surface area contributed by atoms with Crippen LogP contribution in [-0.4, -0.2) is 72.5 Å². The summed E-state index contributed by atoms with van der Waals surface area (Å²) in [5.41, 5.74) is 5.01. The van der Waals surface area contributed by atoms with Gasteiger partial charge in [-0.3, -0.25) is 10.2 Å². The number of guanidine groups is 1. The lowest BCUT2D eigenvalue weighted by molar-refractivity contribution is -0.344. The first-order valence-electron chi connectivity index (χ1n) is 15.1. The first kappa shape index (κ1) is 43.4. The second-order valence-electron chi connectivity index (χ2n) is 11.5. The van der Waals surface area contributed by atoms with Crippen LogP contribution in [0, 0.1) is 10.8 Å². The predicted molar refractivity (Wildman–Crippen MR) is 180 cm³/mol. The van der Waals surface area contributed by atoms with E-state index in [4.69, 9.17) is 30.9 Å². The zero-order valence-electron chi connectivity index (χ0n) is 27.7. The molecular formula is C34H41F6N4O5P. The van der Waals surface area contributed by atoms with Gasteiger partial charge < -0.3 is 31.0 Å². The number of rotatable bonds is 12. The minimum atomic E-state index is -5.19. The molecule has 3 aromatic carbocycles. The summed E-state index contributed by atoms with van der Waals surface area (Å²) in [7, 11) is -0.0553. The minimum absolute atomic E-state index is 0.0215. The van der Waals surface area contributed by atoms with Crippen molar-refractivity contribution < 1.29 is 50.9 Å². The third kappa shape index (κ3) is 14.1. The third-order valence-corrected chi connectivity index (χ3v) is 11.9. The van der Waals surface area contributed by atoms with Crippen LogP contribution >= 0.6 is 7.26 Å². The highest BCUT2D eigenvalue weighted by molar-refractivity contribution is 7.95. The van der Waals surface area contributed by atoms with E-state index in [1.165, 1.54) is 15.9 Å². The number of halogens is 6. The monoisotopic (exact) mass is 730 g/mol. The van der Waals surface area contributed by atoms with Crippen LogP contribution in [0.4, 0.5) is 26.3 Å². The lowest BCUT2D eigenvalue weighted by Gasteiger charge is -2.28. The first-order valence-corrected chi connectivity index (χ1v) is 17.1. The number of carbonyl (C=O) groups is 3. The number of carboxylic acids is 2. The molecule has 5 N–H and O–H groups in total. The summed E-state index contributed by atoms with van der Waals surface area (Å²) in [6.07, 6.45) is -6.66. The number of benzene rings is 3.